The van der Waals surface area contributed by atoms with Gasteiger partial charge in [0.15, 0.2) is 0 Å². The van der Waals surface area contributed by atoms with E-state index < -0.39 is 34.1 Å². The largest absolute Gasteiger partial charge is 0.423 e. The molecule has 2 atom stereocenters. The molecule has 0 aliphatic carbocycles. The molecule has 2 aliphatic heterocycles. The number of hydrogen-bond donors (Lipinski definition) is 2. The van der Waals surface area contributed by atoms with Crippen LogP contribution in [-0.2, 0) is 21.1 Å². The van der Waals surface area contributed by atoms with Crippen LogP contribution < -0.4 is 5.73 Å². The van der Waals surface area contributed by atoms with Crippen LogP contribution in [0.5, 0.6) is 0 Å². The van der Waals surface area contributed by atoms with Gasteiger partial charge < -0.3 is 15.1 Å². The molecule has 2 saturated heterocycles. The van der Waals surface area contributed by atoms with Crippen molar-refractivity contribution in [3.8, 4) is 0 Å². The highest BCUT2D eigenvalue weighted by molar-refractivity contribution is 7.80. The van der Waals surface area contributed by atoms with Gasteiger partial charge in [0.1, 0.15) is 6.04 Å². The summed E-state index contributed by atoms with van der Waals surface area (Å²) in [6.45, 7) is 3.91. The van der Waals surface area contributed by atoms with Crippen LogP contribution in [0.2, 0.25) is 0 Å². The van der Waals surface area contributed by atoms with Crippen molar-refractivity contribution < 1.29 is 26.5 Å². The van der Waals surface area contributed by atoms with E-state index >= 15 is 0 Å². The first-order valence-corrected chi connectivity index (χ1v) is 8.78. The predicted molar refractivity (Wildman–Crippen MR) is 78.6 cm³/mol. The van der Waals surface area contributed by atoms with Gasteiger partial charge in [-0.2, -0.15) is 13.5 Å². The van der Waals surface area contributed by atoms with E-state index in [1.807, 2.05) is 13.8 Å². The summed E-state index contributed by atoms with van der Waals surface area (Å²) in [4.78, 5) is 13.7. The number of rotatable bonds is 5. The lowest BCUT2D eigenvalue weighted by atomic mass is 10.0. The molecule has 3 heterocycles. The zero-order valence-corrected chi connectivity index (χ0v) is 14.1. The Morgan fingerprint density at radius 1 is 1.42 bits per heavy atom. The lowest BCUT2D eigenvalue weighted by molar-refractivity contribution is -0.0317. The van der Waals surface area contributed by atoms with Crippen LogP contribution >= 0.6 is 0 Å². The zero-order valence-electron chi connectivity index (χ0n) is 13.2. The molecule has 0 aromatic carbocycles. The monoisotopic (exact) mass is 361 g/mol. The molecule has 1 aromatic heterocycles. The van der Waals surface area contributed by atoms with Crippen LogP contribution in [0.4, 0.5) is 4.79 Å². The lowest BCUT2D eigenvalue weighted by Gasteiger charge is -2.27. The van der Waals surface area contributed by atoms with Crippen molar-refractivity contribution in [3.63, 3.8) is 0 Å². The molecule has 11 nitrogen and oxygen atoms in total. The average Bonchev–Trinajstić information content (AvgIpc) is 2.96. The maximum atomic E-state index is 12.3. The molecule has 0 saturated carbocycles. The van der Waals surface area contributed by atoms with Crippen LogP contribution in [0.1, 0.15) is 44.5 Å². The molecular formula is C12H19N5O6S. The second-order valence-electron chi connectivity index (χ2n) is 6.71. The molecule has 0 radical (unpaired) electrons. The number of hydrogen-bond acceptors (Lipinski definition) is 8. The van der Waals surface area contributed by atoms with E-state index in [0.29, 0.717) is 30.2 Å². The summed E-state index contributed by atoms with van der Waals surface area (Å²) in [7, 11) is -4.76. The minimum absolute atomic E-state index is 0.249. The minimum Gasteiger partial charge on any atom is -0.423 e. The van der Waals surface area contributed by atoms with E-state index in [1.165, 1.54) is 4.90 Å². The van der Waals surface area contributed by atoms with Gasteiger partial charge in [0, 0.05) is 18.5 Å². The highest BCUT2D eigenvalue weighted by Gasteiger charge is 2.49. The Morgan fingerprint density at radius 2 is 2.12 bits per heavy atom. The van der Waals surface area contributed by atoms with Crippen molar-refractivity contribution >= 4 is 16.4 Å². The first-order chi connectivity index (χ1) is 11.0. The summed E-state index contributed by atoms with van der Waals surface area (Å²) >= 11 is 0. The van der Waals surface area contributed by atoms with Gasteiger partial charge in [-0.1, -0.05) is 0 Å². The Kier molecular flexibility index (Phi) is 4.02. The third-order valence-corrected chi connectivity index (χ3v) is 4.22. The van der Waals surface area contributed by atoms with Crippen LogP contribution in [0.3, 0.4) is 0 Å². The molecule has 134 valence electrons. The van der Waals surface area contributed by atoms with E-state index in [2.05, 4.69) is 14.5 Å². The summed E-state index contributed by atoms with van der Waals surface area (Å²) < 4.78 is 40.5. The highest BCUT2D eigenvalue weighted by atomic mass is 32.3. The summed E-state index contributed by atoms with van der Waals surface area (Å²) in [5, 5.41) is 8.61. The Morgan fingerprint density at radius 3 is 2.75 bits per heavy atom. The highest BCUT2D eigenvalue weighted by Crippen LogP contribution is 2.38. The first-order valence-electron chi connectivity index (χ1n) is 7.41. The van der Waals surface area contributed by atoms with Gasteiger partial charge in [0.25, 0.3) is 0 Å². The van der Waals surface area contributed by atoms with Crippen molar-refractivity contribution in [1.29, 1.82) is 0 Å². The van der Waals surface area contributed by atoms with E-state index in [-0.39, 0.29) is 12.4 Å². The number of aromatic nitrogens is 2. The molecular weight excluding hydrogens is 342 g/mol. The number of urea groups is 1. The van der Waals surface area contributed by atoms with Gasteiger partial charge in [-0.05, 0) is 26.7 Å². The Bertz CT molecular complexity index is 741. The Balaban J connectivity index is 1.77. The van der Waals surface area contributed by atoms with E-state index in [9.17, 15) is 13.2 Å². The van der Waals surface area contributed by atoms with Crippen molar-refractivity contribution in [1.82, 2.24) is 20.2 Å². The minimum atomic E-state index is -4.76. The maximum absolute atomic E-state index is 12.3. The van der Waals surface area contributed by atoms with Crippen LogP contribution in [0.25, 0.3) is 0 Å². The lowest BCUT2D eigenvalue weighted by Crippen LogP contribution is -2.35. The number of amides is 2. The molecule has 2 bridgehead atoms. The molecule has 12 heteroatoms. The third kappa shape index (κ3) is 3.50. The van der Waals surface area contributed by atoms with Gasteiger partial charge in [-0.3, -0.25) is 4.55 Å². The Hall–Kier alpha value is -1.76. The van der Waals surface area contributed by atoms with Crippen molar-refractivity contribution in [2.75, 3.05) is 6.54 Å². The van der Waals surface area contributed by atoms with Gasteiger partial charge in [-0.15, -0.1) is 14.5 Å². The van der Waals surface area contributed by atoms with Gasteiger partial charge in [0.05, 0.1) is 6.04 Å². The van der Waals surface area contributed by atoms with Gasteiger partial charge in [0.2, 0.25) is 11.8 Å². The number of nitrogens with zero attached hydrogens (tertiary/aromatic N) is 4. The van der Waals surface area contributed by atoms with Crippen molar-refractivity contribution in [3.05, 3.63) is 11.8 Å². The van der Waals surface area contributed by atoms with Crippen molar-refractivity contribution in [2.24, 2.45) is 5.73 Å². The summed E-state index contributed by atoms with van der Waals surface area (Å²) in [6.07, 6.45) is 1.37. The fraction of sp³-hybridized carbons (Fsp3) is 0.750. The topological polar surface area (TPSA) is 152 Å². The maximum Gasteiger partial charge on any atom is 0.418 e. The summed E-state index contributed by atoms with van der Waals surface area (Å²) in [5.41, 5.74) is 5.41. The summed E-state index contributed by atoms with van der Waals surface area (Å²) in [6, 6.07) is -1.59. The predicted octanol–water partition coefficient (Wildman–Crippen LogP) is 0.0249. The second kappa shape index (κ2) is 5.65. The average molecular weight is 361 g/mol. The quantitative estimate of drug-likeness (QED) is 0.691. The van der Waals surface area contributed by atoms with Crippen LogP contribution in [0, 0.1) is 0 Å². The molecule has 2 aliphatic rings. The normalized spacial score (nSPS) is 24.8. The van der Waals surface area contributed by atoms with Gasteiger partial charge >= 0.3 is 16.4 Å². The fourth-order valence-corrected chi connectivity index (χ4v) is 3.34. The number of nitrogens with two attached hydrogens (primary N) is 1. The fourth-order valence-electron chi connectivity index (χ4n) is 2.95. The molecule has 2 amide bonds. The summed E-state index contributed by atoms with van der Waals surface area (Å²) in [5.74, 6) is 0.645. The molecule has 2 fully saturated rings. The number of carbonyl (C=O) groups excluding carboxylic acids is 1. The number of fused-ring (bicyclic) bond motifs is 2. The standard InChI is InChI=1S/C12H19N5O6S/c1-12(2,13)5-9-14-15-10(22-9)8-4-3-7-6-16(8)11(18)17(7)23-24(19,20)21/h7-8H,3-6,13H2,1-2H3,(H,19,20,21)/t7?,8-/m0/s1. The van der Waals surface area contributed by atoms with E-state index in [4.69, 9.17) is 14.7 Å². The molecule has 1 unspecified atom stereocenters. The second-order valence-corrected chi connectivity index (χ2v) is 7.71. The molecule has 1 aromatic rings. The zero-order chi connectivity index (χ0) is 17.7. The van der Waals surface area contributed by atoms with E-state index in [1.54, 1.807) is 0 Å². The van der Waals surface area contributed by atoms with Crippen LogP contribution in [0.15, 0.2) is 4.42 Å². The molecule has 24 heavy (non-hydrogen) atoms. The SMILES string of the molecule is CC(C)(N)Cc1nnc([C@@H]2CCC3CN2C(=O)N3OS(=O)(=O)O)o1. The smallest absolute Gasteiger partial charge is 0.418 e. The van der Waals surface area contributed by atoms with E-state index in [0.717, 1.165) is 0 Å². The molecule has 3 rings (SSSR count). The number of hydroxylamine groups is 2. The molecule has 3 N–H and O–H groups in total. The Labute approximate surface area is 138 Å². The first kappa shape index (κ1) is 17.1. The van der Waals surface area contributed by atoms with Gasteiger partial charge in [-0.25, -0.2) is 4.79 Å². The van der Waals surface area contributed by atoms with Crippen molar-refractivity contribution in [2.45, 2.75) is 50.7 Å². The molecule has 0 spiro atoms. The van der Waals surface area contributed by atoms with Crippen LogP contribution in [-0.4, -0.2) is 57.3 Å². The third-order valence-electron chi connectivity index (χ3n) is 3.87. The number of carbonyl (C=O) groups is 1. The number of piperidine rings is 1.